The van der Waals surface area contributed by atoms with Gasteiger partial charge in [-0.3, -0.25) is 19.7 Å². The fourth-order valence-electron chi connectivity index (χ4n) is 3.59. The van der Waals surface area contributed by atoms with Crippen LogP contribution in [0.4, 0.5) is 25.0 Å². The summed E-state index contributed by atoms with van der Waals surface area (Å²) in [4.78, 5) is 50.9. The third kappa shape index (κ3) is 6.39. The Hall–Kier alpha value is -4.77. The third-order valence-corrected chi connectivity index (χ3v) is 5.59. The highest BCUT2D eigenvalue weighted by Crippen LogP contribution is 2.37. The predicted molar refractivity (Wildman–Crippen MR) is 139 cm³/mol. The van der Waals surface area contributed by atoms with Gasteiger partial charge in [0.1, 0.15) is 17.2 Å². The zero-order valence-electron chi connectivity index (χ0n) is 20.3. The van der Waals surface area contributed by atoms with Crippen LogP contribution in [-0.4, -0.2) is 37.0 Å². The summed E-state index contributed by atoms with van der Waals surface area (Å²) in [6.45, 7) is 1.45. The highest BCUT2D eigenvalue weighted by Gasteiger charge is 2.37. The highest BCUT2D eigenvalue weighted by molar-refractivity contribution is 6.39. The van der Waals surface area contributed by atoms with E-state index in [1.165, 1.54) is 54.6 Å². The topological polar surface area (TPSA) is 114 Å². The van der Waals surface area contributed by atoms with Crippen LogP contribution >= 0.6 is 11.6 Å². The summed E-state index contributed by atoms with van der Waals surface area (Å²) in [6.07, 6.45) is 1.21. The minimum Gasteiger partial charge on any atom is -0.490 e. The second kappa shape index (κ2) is 11.7. The van der Waals surface area contributed by atoms with Gasteiger partial charge in [0, 0.05) is 5.69 Å². The number of nitrogens with one attached hydrogen (secondary N) is 2. The lowest BCUT2D eigenvalue weighted by Gasteiger charge is -2.26. The van der Waals surface area contributed by atoms with Crippen LogP contribution in [0, 0.1) is 11.6 Å². The summed E-state index contributed by atoms with van der Waals surface area (Å²) >= 11 is 6.39. The number of carbonyl (C=O) groups is 4. The maximum atomic E-state index is 13.3. The smallest absolute Gasteiger partial charge is 0.335 e. The Morgan fingerprint density at radius 2 is 1.64 bits per heavy atom. The number of rotatable bonds is 8. The first-order chi connectivity index (χ1) is 18.7. The van der Waals surface area contributed by atoms with Crippen LogP contribution in [0.2, 0.25) is 5.02 Å². The van der Waals surface area contributed by atoms with E-state index in [9.17, 15) is 28.0 Å². The molecule has 12 heteroatoms. The molecule has 1 aliphatic rings. The van der Waals surface area contributed by atoms with Crippen molar-refractivity contribution in [3.8, 4) is 11.5 Å². The number of halogens is 3. The SMILES string of the molecule is CCOc1cc(/C=C2\C(=O)NC(=O)N(c3ccc(F)cc3)C2=O)cc(Cl)c1OCC(=O)Nc1ccc(F)cc1. The zero-order valence-corrected chi connectivity index (χ0v) is 21.1. The summed E-state index contributed by atoms with van der Waals surface area (Å²) < 4.78 is 37.5. The van der Waals surface area contributed by atoms with Crippen molar-refractivity contribution < 1.29 is 37.4 Å². The number of ether oxygens (including phenoxy) is 2. The maximum Gasteiger partial charge on any atom is 0.335 e. The number of anilines is 2. The molecule has 200 valence electrons. The van der Waals surface area contributed by atoms with Crippen molar-refractivity contribution in [2.75, 3.05) is 23.4 Å². The third-order valence-electron chi connectivity index (χ3n) is 5.30. The van der Waals surface area contributed by atoms with Crippen LogP contribution in [0.25, 0.3) is 6.08 Å². The largest absolute Gasteiger partial charge is 0.490 e. The molecule has 0 aromatic heterocycles. The number of imide groups is 2. The highest BCUT2D eigenvalue weighted by atomic mass is 35.5. The molecule has 1 fully saturated rings. The molecule has 0 bridgehead atoms. The molecule has 1 saturated heterocycles. The number of urea groups is 1. The van der Waals surface area contributed by atoms with Gasteiger partial charge < -0.3 is 14.8 Å². The van der Waals surface area contributed by atoms with Gasteiger partial charge >= 0.3 is 6.03 Å². The lowest BCUT2D eigenvalue weighted by molar-refractivity contribution is -0.122. The molecule has 3 aromatic carbocycles. The summed E-state index contributed by atoms with van der Waals surface area (Å²) in [6, 6.07) is 11.6. The number of hydrogen-bond donors (Lipinski definition) is 2. The number of carbonyl (C=O) groups excluding carboxylic acids is 4. The van der Waals surface area contributed by atoms with E-state index in [4.69, 9.17) is 21.1 Å². The van der Waals surface area contributed by atoms with Crippen molar-refractivity contribution >= 4 is 52.8 Å². The molecule has 0 aliphatic carbocycles. The summed E-state index contributed by atoms with van der Waals surface area (Å²) in [5.74, 6) is -3.25. The first-order valence-electron chi connectivity index (χ1n) is 11.5. The van der Waals surface area contributed by atoms with E-state index in [0.29, 0.717) is 10.6 Å². The van der Waals surface area contributed by atoms with E-state index < -0.39 is 42.0 Å². The van der Waals surface area contributed by atoms with Gasteiger partial charge in [0.05, 0.1) is 17.3 Å². The first kappa shape index (κ1) is 27.3. The van der Waals surface area contributed by atoms with E-state index in [1.54, 1.807) is 6.92 Å². The van der Waals surface area contributed by atoms with Crippen LogP contribution in [-0.2, 0) is 14.4 Å². The standard InChI is InChI=1S/C27H20ClF2N3O6/c1-2-38-22-13-15(12-21(28)24(22)39-14-23(34)31-18-7-3-16(29)4-8-18)11-20-25(35)32-27(37)33(26(20)36)19-9-5-17(30)6-10-19/h3-13H,2,14H2,1H3,(H,31,34)(H,32,35,37)/b20-11+. The molecule has 4 rings (SSSR count). The Morgan fingerprint density at radius 3 is 2.28 bits per heavy atom. The summed E-state index contributed by atoms with van der Waals surface area (Å²) in [5.41, 5.74) is 0.308. The Morgan fingerprint density at radius 1 is 1.00 bits per heavy atom. The average Bonchev–Trinajstić information content (AvgIpc) is 2.88. The Labute approximate surface area is 226 Å². The fraction of sp³-hybridized carbons (Fsp3) is 0.111. The van der Waals surface area contributed by atoms with Crippen LogP contribution < -0.4 is 25.0 Å². The van der Waals surface area contributed by atoms with E-state index in [0.717, 1.165) is 12.1 Å². The molecule has 3 aromatic rings. The molecule has 1 heterocycles. The number of hydrogen-bond acceptors (Lipinski definition) is 6. The molecule has 0 radical (unpaired) electrons. The van der Waals surface area contributed by atoms with E-state index in [2.05, 4.69) is 10.6 Å². The summed E-state index contributed by atoms with van der Waals surface area (Å²) in [5, 5.41) is 4.64. The van der Waals surface area contributed by atoms with E-state index in [1.807, 2.05) is 0 Å². The number of barbiturate groups is 1. The maximum absolute atomic E-state index is 13.3. The summed E-state index contributed by atoms with van der Waals surface area (Å²) in [7, 11) is 0. The van der Waals surface area contributed by atoms with Gasteiger partial charge in [0.15, 0.2) is 18.1 Å². The van der Waals surface area contributed by atoms with Gasteiger partial charge in [-0.25, -0.2) is 18.5 Å². The van der Waals surface area contributed by atoms with Crippen molar-refractivity contribution in [2.24, 2.45) is 0 Å². The molecular weight excluding hydrogens is 536 g/mol. The normalized spacial score (nSPS) is 14.3. The van der Waals surface area contributed by atoms with Gasteiger partial charge in [-0.05, 0) is 79.2 Å². The van der Waals surface area contributed by atoms with Gasteiger partial charge in [-0.1, -0.05) is 11.6 Å². The van der Waals surface area contributed by atoms with Crippen LogP contribution in [0.1, 0.15) is 12.5 Å². The Kier molecular flexibility index (Phi) is 8.21. The van der Waals surface area contributed by atoms with Crippen molar-refractivity contribution in [3.63, 3.8) is 0 Å². The molecule has 0 atom stereocenters. The monoisotopic (exact) mass is 555 g/mol. The first-order valence-corrected chi connectivity index (χ1v) is 11.9. The molecular formula is C27H20ClF2N3O6. The minimum absolute atomic E-state index is 0.0116. The zero-order chi connectivity index (χ0) is 28.1. The second-order valence-corrected chi connectivity index (χ2v) is 8.45. The lowest BCUT2D eigenvalue weighted by atomic mass is 10.1. The molecule has 0 unspecified atom stereocenters. The van der Waals surface area contributed by atoms with Gasteiger partial charge in [-0.15, -0.1) is 0 Å². The van der Waals surface area contributed by atoms with E-state index in [-0.39, 0.29) is 40.0 Å². The van der Waals surface area contributed by atoms with Gasteiger partial charge in [-0.2, -0.15) is 0 Å². The molecule has 1 aliphatic heterocycles. The Bertz CT molecular complexity index is 1480. The molecule has 2 N–H and O–H groups in total. The van der Waals surface area contributed by atoms with Crippen LogP contribution in [0.15, 0.2) is 66.2 Å². The van der Waals surface area contributed by atoms with Gasteiger partial charge in [0.25, 0.3) is 17.7 Å². The van der Waals surface area contributed by atoms with Crippen molar-refractivity contribution in [1.82, 2.24) is 5.32 Å². The minimum atomic E-state index is -0.982. The van der Waals surface area contributed by atoms with Crippen molar-refractivity contribution in [1.29, 1.82) is 0 Å². The van der Waals surface area contributed by atoms with Crippen molar-refractivity contribution in [2.45, 2.75) is 6.92 Å². The molecule has 0 saturated carbocycles. The molecule has 9 nitrogen and oxygen atoms in total. The van der Waals surface area contributed by atoms with Crippen LogP contribution in [0.3, 0.4) is 0 Å². The van der Waals surface area contributed by atoms with Crippen LogP contribution in [0.5, 0.6) is 11.5 Å². The predicted octanol–water partition coefficient (Wildman–Crippen LogP) is 4.70. The average molecular weight is 556 g/mol. The van der Waals surface area contributed by atoms with Crippen molar-refractivity contribution in [3.05, 3.63) is 88.5 Å². The van der Waals surface area contributed by atoms with Gasteiger partial charge in [0.2, 0.25) is 0 Å². The second-order valence-electron chi connectivity index (χ2n) is 8.04. The van der Waals surface area contributed by atoms with E-state index >= 15 is 0 Å². The fourth-order valence-corrected chi connectivity index (χ4v) is 3.86. The number of benzene rings is 3. The molecule has 39 heavy (non-hydrogen) atoms. The molecule has 5 amide bonds. The quantitative estimate of drug-likeness (QED) is 0.308. The number of amides is 5. The number of nitrogens with zero attached hydrogens (tertiary/aromatic N) is 1. The Balaban J connectivity index is 1.57. The molecule has 0 spiro atoms. The lowest BCUT2D eigenvalue weighted by Crippen LogP contribution is -2.54.